The molecule has 136 valence electrons. The number of amides is 2. The van der Waals surface area contributed by atoms with Gasteiger partial charge < -0.3 is 9.80 Å². The smallest absolute Gasteiger partial charge is 0.223 e. The number of carbonyl (C=O) groups is 2. The van der Waals surface area contributed by atoms with Crippen molar-refractivity contribution in [1.82, 2.24) is 19.6 Å². The summed E-state index contributed by atoms with van der Waals surface area (Å²) < 4.78 is 0. The summed E-state index contributed by atoms with van der Waals surface area (Å²) in [7, 11) is 0. The van der Waals surface area contributed by atoms with Gasteiger partial charge in [-0.3, -0.25) is 19.4 Å². The minimum Gasteiger partial charge on any atom is -0.330 e. The number of carbonyl (C=O) groups excluding carboxylic acids is 2. The second-order valence-corrected chi connectivity index (χ2v) is 6.64. The van der Waals surface area contributed by atoms with E-state index < -0.39 is 0 Å². The third-order valence-electron chi connectivity index (χ3n) is 4.75. The van der Waals surface area contributed by atoms with Crippen LogP contribution in [0.25, 0.3) is 0 Å². The van der Waals surface area contributed by atoms with Crippen LogP contribution in [0.15, 0.2) is 12.2 Å². The molecule has 0 unspecified atom stereocenters. The van der Waals surface area contributed by atoms with E-state index in [2.05, 4.69) is 22.0 Å². The Morgan fingerprint density at radius 2 is 1.17 bits per heavy atom. The molecule has 0 aromatic heterocycles. The van der Waals surface area contributed by atoms with Gasteiger partial charge in [0.25, 0.3) is 0 Å². The van der Waals surface area contributed by atoms with Crippen LogP contribution < -0.4 is 0 Å². The fourth-order valence-corrected chi connectivity index (χ4v) is 3.34. The van der Waals surface area contributed by atoms with Crippen molar-refractivity contribution in [3.8, 4) is 0 Å². The van der Waals surface area contributed by atoms with Crippen LogP contribution in [0.1, 0.15) is 39.5 Å². The molecule has 0 aliphatic carbocycles. The molecule has 6 heteroatoms. The summed E-state index contributed by atoms with van der Waals surface area (Å²) in [5, 5.41) is 0. The third kappa shape index (κ3) is 5.60. The van der Waals surface area contributed by atoms with E-state index in [0.29, 0.717) is 12.8 Å². The normalized spacial score (nSPS) is 20.8. The monoisotopic (exact) mass is 336 g/mol. The molecule has 0 radical (unpaired) electrons. The van der Waals surface area contributed by atoms with Gasteiger partial charge in [-0.15, -0.1) is 0 Å². The van der Waals surface area contributed by atoms with Gasteiger partial charge in [-0.1, -0.05) is 26.0 Å². The quantitative estimate of drug-likeness (QED) is 0.687. The van der Waals surface area contributed by atoms with E-state index in [1.807, 2.05) is 23.6 Å². The fourth-order valence-electron chi connectivity index (χ4n) is 3.34. The van der Waals surface area contributed by atoms with Crippen LogP contribution in [0.3, 0.4) is 0 Å². The summed E-state index contributed by atoms with van der Waals surface area (Å²) in [6, 6.07) is 0. The van der Waals surface area contributed by atoms with Crippen molar-refractivity contribution in [1.29, 1.82) is 0 Å². The van der Waals surface area contributed by atoms with Crippen molar-refractivity contribution in [2.24, 2.45) is 0 Å². The zero-order valence-electron chi connectivity index (χ0n) is 15.2. The van der Waals surface area contributed by atoms with Gasteiger partial charge in [0.2, 0.25) is 11.8 Å². The minimum absolute atomic E-state index is 0.248. The molecule has 6 nitrogen and oxygen atoms in total. The molecule has 0 atom stereocenters. The van der Waals surface area contributed by atoms with Crippen LogP contribution in [0.2, 0.25) is 0 Å². The van der Waals surface area contributed by atoms with E-state index in [-0.39, 0.29) is 11.8 Å². The van der Waals surface area contributed by atoms with Crippen LogP contribution in [-0.2, 0) is 9.59 Å². The van der Waals surface area contributed by atoms with E-state index in [1.165, 1.54) is 0 Å². The molecular formula is C18H32N4O2. The molecule has 2 saturated heterocycles. The molecule has 0 N–H and O–H groups in total. The Labute approximate surface area is 146 Å². The first kappa shape index (κ1) is 18.9. The third-order valence-corrected chi connectivity index (χ3v) is 4.75. The van der Waals surface area contributed by atoms with E-state index >= 15 is 0 Å². The Bertz CT molecular complexity index is 412. The molecule has 0 bridgehead atoms. The molecule has 2 aliphatic rings. The van der Waals surface area contributed by atoms with Gasteiger partial charge >= 0.3 is 0 Å². The Hall–Kier alpha value is -1.40. The average Bonchev–Trinajstić information content (AvgIpc) is 2.64. The summed E-state index contributed by atoms with van der Waals surface area (Å²) in [5.74, 6) is 0.496. The lowest BCUT2D eigenvalue weighted by Gasteiger charge is -2.35. The molecule has 0 spiro atoms. The molecule has 0 aromatic rings. The van der Waals surface area contributed by atoms with Crippen LogP contribution in [0, 0.1) is 0 Å². The van der Waals surface area contributed by atoms with Crippen molar-refractivity contribution < 1.29 is 9.59 Å². The SMILES string of the molecule is CCC(=O)N1CCCN(C/C=C/CN2CCCN(C(=O)CC)C2)C1. The van der Waals surface area contributed by atoms with Gasteiger partial charge in [0.05, 0.1) is 13.3 Å². The average molecular weight is 336 g/mol. The first-order chi connectivity index (χ1) is 11.6. The zero-order chi connectivity index (χ0) is 17.4. The van der Waals surface area contributed by atoms with Gasteiger partial charge in [0, 0.05) is 52.1 Å². The van der Waals surface area contributed by atoms with Crippen LogP contribution in [0.5, 0.6) is 0 Å². The van der Waals surface area contributed by atoms with Crippen LogP contribution in [0.4, 0.5) is 0 Å². The summed E-state index contributed by atoms with van der Waals surface area (Å²) in [5.41, 5.74) is 0. The molecule has 2 amide bonds. The second kappa shape index (κ2) is 9.79. The Morgan fingerprint density at radius 3 is 1.54 bits per heavy atom. The van der Waals surface area contributed by atoms with Crippen molar-refractivity contribution in [3.05, 3.63) is 12.2 Å². The zero-order valence-corrected chi connectivity index (χ0v) is 15.2. The largest absolute Gasteiger partial charge is 0.330 e. The lowest BCUT2D eigenvalue weighted by atomic mass is 10.2. The topological polar surface area (TPSA) is 47.1 Å². The highest BCUT2D eigenvalue weighted by Crippen LogP contribution is 2.09. The van der Waals surface area contributed by atoms with Gasteiger partial charge in [0.1, 0.15) is 0 Å². The highest BCUT2D eigenvalue weighted by Gasteiger charge is 2.20. The fraction of sp³-hybridized carbons (Fsp3) is 0.778. The maximum Gasteiger partial charge on any atom is 0.223 e. The summed E-state index contributed by atoms with van der Waals surface area (Å²) in [6.07, 6.45) is 7.68. The highest BCUT2D eigenvalue weighted by molar-refractivity contribution is 5.76. The Morgan fingerprint density at radius 1 is 0.750 bits per heavy atom. The molecule has 2 rings (SSSR count). The first-order valence-electron chi connectivity index (χ1n) is 9.29. The summed E-state index contributed by atoms with van der Waals surface area (Å²) in [4.78, 5) is 32.1. The van der Waals surface area contributed by atoms with E-state index in [1.54, 1.807) is 0 Å². The van der Waals surface area contributed by atoms with Gasteiger partial charge in [-0.05, 0) is 12.8 Å². The number of rotatable bonds is 6. The molecular weight excluding hydrogens is 304 g/mol. The molecule has 24 heavy (non-hydrogen) atoms. The minimum atomic E-state index is 0.248. The molecule has 0 saturated carbocycles. The van der Waals surface area contributed by atoms with E-state index in [9.17, 15) is 9.59 Å². The highest BCUT2D eigenvalue weighted by atomic mass is 16.2. The first-order valence-corrected chi connectivity index (χ1v) is 9.29. The van der Waals surface area contributed by atoms with E-state index in [4.69, 9.17) is 0 Å². The predicted molar refractivity (Wildman–Crippen MR) is 95.3 cm³/mol. The number of hydrogen-bond donors (Lipinski definition) is 0. The van der Waals surface area contributed by atoms with Gasteiger partial charge in [-0.25, -0.2) is 0 Å². The molecule has 2 fully saturated rings. The van der Waals surface area contributed by atoms with Crippen molar-refractivity contribution >= 4 is 11.8 Å². The number of hydrogen-bond acceptors (Lipinski definition) is 4. The second-order valence-electron chi connectivity index (χ2n) is 6.64. The van der Waals surface area contributed by atoms with Gasteiger partial charge in [-0.2, -0.15) is 0 Å². The van der Waals surface area contributed by atoms with E-state index in [0.717, 1.165) is 65.4 Å². The predicted octanol–water partition coefficient (Wildman–Crippen LogP) is 1.35. The standard InChI is InChI=1S/C18H32N4O2/c1-3-17(23)21-13-7-11-19(15-21)9-5-6-10-20-12-8-14-22(16-20)18(24)4-2/h5-6H,3-4,7-16H2,1-2H3/b6-5+. The summed E-state index contributed by atoms with van der Waals surface area (Å²) in [6.45, 7) is 11.0. The molecule has 2 aliphatic heterocycles. The summed E-state index contributed by atoms with van der Waals surface area (Å²) >= 11 is 0. The maximum atomic E-state index is 11.8. The van der Waals surface area contributed by atoms with Crippen molar-refractivity contribution in [2.45, 2.75) is 39.5 Å². The Balaban J connectivity index is 1.70. The molecule has 2 heterocycles. The maximum absolute atomic E-state index is 11.8. The number of nitrogens with zero attached hydrogens (tertiary/aromatic N) is 4. The lowest BCUT2D eigenvalue weighted by Crippen LogP contribution is -2.47. The van der Waals surface area contributed by atoms with Crippen LogP contribution in [-0.4, -0.2) is 84.0 Å². The molecule has 0 aromatic carbocycles. The van der Waals surface area contributed by atoms with Crippen molar-refractivity contribution in [2.75, 3.05) is 52.6 Å². The van der Waals surface area contributed by atoms with Gasteiger partial charge in [0.15, 0.2) is 0 Å². The van der Waals surface area contributed by atoms with Crippen LogP contribution >= 0.6 is 0 Å². The van der Waals surface area contributed by atoms with Crippen molar-refractivity contribution in [3.63, 3.8) is 0 Å². The Kier molecular flexibility index (Phi) is 7.72. The lowest BCUT2D eigenvalue weighted by molar-refractivity contribution is -0.135.